The van der Waals surface area contributed by atoms with Crippen LogP contribution in [0.4, 0.5) is 5.95 Å². The summed E-state index contributed by atoms with van der Waals surface area (Å²) in [7, 11) is -13.9. The van der Waals surface area contributed by atoms with Crippen LogP contribution in [-0.2, 0) is 45.9 Å². The van der Waals surface area contributed by atoms with Crippen LogP contribution in [-0.4, -0.2) is 96.1 Å². The molecule has 1 saturated heterocycles. The third-order valence-corrected chi connectivity index (χ3v) is 13.5. The molecule has 0 bridgehead atoms. The number of aromatic amines is 1. The fourth-order valence-electron chi connectivity index (χ4n) is 4.97. The number of phosphoric ester groups is 1. The van der Waals surface area contributed by atoms with E-state index in [2.05, 4.69) is 58.0 Å². The summed E-state index contributed by atoms with van der Waals surface area (Å²) in [5, 5.41) is 8.83. The number of carbonyl (C=O) groups excluding carboxylic acids is 2. The van der Waals surface area contributed by atoms with E-state index in [0.29, 0.717) is 24.5 Å². The van der Waals surface area contributed by atoms with Crippen LogP contribution in [0.1, 0.15) is 63.7 Å². The molecule has 9 N–H and O–H groups in total. The minimum atomic E-state index is -5.80. The lowest BCUT2D eigenvalue weighted by atomic mass is 10.1. The Bertz CT molecular complexity index is 1980. The van der Waals surface area contributed by atoms with Crippen molar-refractivity contribution in [2.45, 2.75) is 70.3 Å². The van der Waals surface area contributed by atoms with Crippen molar-refractivity contribution in [3.8, 4) is 11.8 Å². The van der Waals surface area contributed by atoms with Gasteiger partial charge in [-0.1, -0.05) is 64.7 Å². The summed E-state index contributed by atoms with van der Waals surface area (Å²) >= 11 is 0. The van der Waals surface area contributed by atoms with Crippen molar-refractivity contribution in [3.63, 3.8) is 0 Å². The summed E-state index contributed by atoms with van der Waals surface area (Å²) < 4.78 is 59.9. The SMILES string of the molecule is CCCCCCC(=O)NCCSSCCC(=O)NCC#Cc1cn([C@H]2C[C@@H](OCN=[N+]=[N-])[C@@H](COP(=O)(O)OP(=O)(O)OP(=O)(O)O)O2)c2nc(N)[nH]c(=O)c12. The predicted molar refractivity (Wildman–Crippen MR) is 203 cm³/mol. The number of nitrogens with one attached hydrogen (secondary N) is 3. The van der Waals surface area contributed by atoms with Crippen LogP contribution in [0.25, 0.3) is 21.5 Å². The largest absolute Gasteiger partial charge is 0.490 e. The van der Waals surface area contributed by atoms with Gasteiger partial charge in [0.15, 0.2) is 5.65 Å². The maximum absolute atomic E-state index is 13.0. The van der Waals surface area contributed by atoms with Crippen LogP contribution in [0.15, 0.2) is 16.1 Å². The van der Waals surface area contributed by atoms with E-state index in [-0.39, 0.29) is 53.7 Å². The first-order valence-electron chi connectivity index (χ1n) is 16.7. The van der Waals surface area contributed by atoms with Gasteiger partial charge in [0.05, 0.1) is 30.2 Å². The molecule has 3 heterocycles. The highest BCUT2D eigenvalue weighted by molar-refractivity contribution is 8.76. The summed E-state index contributed by atoms with van der Waals surface area (Å²) in [6, 6.07) is 0. The number of aromatic nitrogens is 3. The minimum absolute atomic E-state index is 0.00555. The lowest BCUT2D eigenvalue weighted by molar-refractivity contribution is -0.121. The number of nitrogen functional groups attached to an aromatic ring is 1. The van der Waals surface area contributed by atoms with Gasteiger partial charge in [-0.15, -0.1) is 0 Å². The highest BCUT2D eigenvalue weighted by Crippen LogP contribution is 2.66. The molecule has 5 atom stereocenters. The number of amides is 2. The first-order valence-corrected chi connectivity index (χ1v) is 23.7. The molecule has 3 rings (SSSR count). The molecule has 2 aromatic rings. The highest BCUT2D eigenvalue weighted by Gasteiger charge is 2.43. The standard InChI is InChI=1S/C27H42N9O15P3S2/c1-2-3-4-5-8-21(37)31-11-13-56-55-12-9-22(38)30-10-6-7-18-15-36(25-24(18)26(39)34-27(28)33-25)23-14-19(47-17-32-35-29)20(49-23)16-48-53(43,44)51-54(45,46)50-52(40,41)42/h15,19-20,23H,2-5,8-14,16-17H2,1H3,(H,30,38)(H,31,37)(H,43,44)(H,45,46)(H2,40,41,42)(H3,28,33,34,39)/t19-,20-,23-/m1/s1. The molecule has 312 valence electrons. The van der Waals surface area contributed by atoms with E-state index in [1.54, 1.807) is 10.8 Å². The van der Waals surface area contributed by atoms with Crippen LogP contribution in [0, 0.1) is 11.8 Å². The third-order valence-electron chi connectivity index (χ3n) is 7.28. The number of azide groups is 1. The number of H-pyrrole nitrogens is 1. The maximum Gasteiger partial charge on any atom is 0.490 e. The highest BCUT2D eigenvalue weighted by atomic mass is 33.1. The first-order chi connectivity index (χ1) is 26.4. The number of nitrogens with two attached hydrogens (primary N) is 1. The number of anilines is 1. The van der Waals surface area contributed by atoms with E-state index in [4.69, 9.17) is 35.0 Å². The maximum atomic E-state index is 13.0. The Morgan fingerprint density at radius 1 is 1.12 bits per heavy atom. The molecule has 1 fully saturated rings. The molecule has 2 aromatic heterocycles. The lowest BCUT2D eigenvalue weighted by Crippen LogP contribution is -2.29. The monoisotopic (exact) mass is 889 g/mol. The quantitative estimate of drug-likeness (QED) is 0.0143. The number of phosphoric acid groups is 3. The number of rotatable bonds is 24. The van der Waals surface area contributed by atoms with E-state index in [1.165, 1.54) is 21.6 Å². The van der Waals surface area contributed by atoms with Gasteiger partial charge < -0.3 is 50.0 Å². The van der Waals surface area contributed by atoms with Gasteiger partial charge in [0.1, 0.15) is 19.1 Å². The molecule has 0 spiro atoms. The molecule has 0 aromatic carbocycles. The summed E-state index contributed by atoms with van der Waals surface area (Å²) in [6.45, 7) is 1.17. The summed E-state index contributed by atoms with van der Waals surface area (Å²) in [5.41, 5.74) is 14.0. The summed E-state index contributed by atoms with van der Waals surface area (Å²) in [4.78, 5) is 83.1. The van der Waals surface area contributed by atoms with Crippen LogP contribution in [0.3, 0.4) is 0 Å². The van der Waals surface area contributed by atoms with E-state index >= 15 is 0 Å². The van der Waals surface area contributed by atoms with Crippen molar-refractivity contribution < 1.29 is 65.5 Å². The van der Waals surface area contributed by atoms with Gasteiger partial charge in [0.2, 0.25) is 17.8 Å². The van der Waals surface area contributed by atoms with E-state index in [1.807, 2.05) is 0 Å². The Morgan fingerprint density at radius 3 is 2.57 bits per heavy atom. The molecule has 2 unspecified atom stereocenters. The molecule has 0 radical (unpaired) electrons. The van der Waals surface area contributed by atoms with Crippen LogP contribution in [0.2, 0.25) is 0 Å². The van der Waals surface area contributed by atoms with Crippen molar-refractivity contribution in [2.75, 3.05) is 43.7 Å². The Balaban J connectivity index is 1.61. The third kappa shape index (κ3) is 16.9. The van der Waals surface area contributed by atoms with Crippen molar-refractivity contribution in [2.24, 2.45) is 5.11 Å². The average molecular weight is 890 g/mol. The number of nitrogens with zero attached hydrogens (tertiary/aromatic N) is 5. The molecule has 56 heavy (non-hydrogen) atoms. The van der Waals surface area contributed by atoms with Gasteiger partial charge in [-0.25, -0.2) is 13.7 Å². The van der Waals surface area contributed by atoms with Crippen LogP contribution < -0.4 is 21.9 Å². The molecule has 1 aliphatic rings. The second-order valence-electron chi connectivity index (χ2n) is 11.5. The number of hydrogen-bond donors (Lipinski definition) is 8. The molecule has 0 saturated carbocycles. The van der Waals surface area contributed by atoms with E-state index in [0.717, 1.165) is 25.7 Å². The zero-order chi connectivity index (χ0) is 41.4. The van der Waals surface area contributed by atoms with E-state index in [9.17, 15) is 37.9 Å². The van der Waals surface area contributed by atoms with Crippen molar-refractivity contribution in [1.29, 1.82) is 0 Å². The van der Waals surface area contributed by atoms with Crippen molar-refractivity contribution in [1.82, 2.24) is 25.2 Å². The normalized spacial score (nSPS) is 19.0. The fraction of sp³-hybridized carbons (Fsp3) is 0.630. The van der Waals surface area contributed by atoms with Gasteiger partial charge >= 0.3 is 23.5 Å². The molecule has 0 aliphatic carbocycles. The van der Waals surface area contributed by atoms with Gasteiger partial charge in [0, 0.05) is 48.4 Å². The van der Waals surface area contributed by atoms with Gasteiger partial charge in [-0.3, -0.25) is 23.9 Å². The topological polar surface area (TPSA) is 362 Å². The van der Waals surface area contributed by atoms with Gasteiger partial charge in [-0.05, 0) is 12.0 Å². The van der Waals surface area contributed by atoms with Crippen molar-refractivity contribution >= 4 is 73.9 Å². The minimum Gasteiger partial charge on any atom is -0.369 e. The zero-order valence-electron chi connectivity index (χ0n) is 29.8. The van der Waals surface area contributed by atoms with Crippen LogP contribution in [0.5, 0.6) is 0 Å². The lowest BCUT2D eigenvalue weighted by Gasteiger charge is -2.21. The average Bonchev–Trinajstić information content (AvgIpc) is 3.66. The number of carbonyl (C=O) groups is 2. The van der Waals surface area contributed by atoms with Gasteiger partial charge in [0.25, 0.3) is 5.56 Å². The first kappa shape index (κ1) is 47.4. The zero-order valence-corrected chi connectivity index (χ0v) is 34.1. The number of fused-ring (bicyclic) bond motifs is 1. The molecule has 24 nitrogen and oxygen atoms in total. The summed E-state index contributed by atoms with van der Waals surface area (Å²) in [5.74, 6) is 6.34. The molecular weight excluding hydrogens is 847 g/mol. The van der Waals surface area contributed by atoms with E-state index < -0.39 is 60.8 Å². The van der Waals surface area contributed by atoms with Crippen LogP contribution >= 0.6 is 45.1 Å². The second kappa shape index (κ2) is 22.9. The number of hydrogen-bond acceptors (Lipinski definition) is 16. The molecule has 2 amide bonds. The smallest absolute Gasteiger partial charge is 0.369 e. The van der Waals surface area contributed by atoms with Crippen molar-refractivity contribution in [3.05, 3.63) is 32.6 Å². The number of ether oxygens (including phenoxy) is 2. The second-order valence-corrected chi connectivity index (χ2v) is 18.7. The fourth-order valence-corrected chi connectivity index (χ4v) is 9.89. The Hall–Kier alpha value is -2.94. The molecular formula is C27H42N9O15P3S2. The Morgan fingerprint density at radius 2 is 1.86 bits per heavy atom. The predicted octanol–water partition coefficient (Wildman–Crippen LogP) is 2.92. The number of unbranched alkanes of at least 4 members (excludes halogenated alkanes) is 3. The summed E-state index contributed by atoms with van der Waals surface area (Å²) in [6.07, 6.45) is 2.81. The molecule has 1 aliphatic heterocycles. The molecule has 29 heteroatoms. The van der Waals surface area contributed by atoms with Gasteiger partial charge in [-0.2, -0.15) is 13.6 Å². The Kier molecular flexibility index (Phi) is 19.4. The Labute approximate surface area is 327 Å².